The van der Waals surface area contributed by atoms with Crippen molar-refractivity contribution in [2.75, 3.05) is 11.9 Å². The summed E-state index contributed by atoms with van der Waals surface area (Å²) in [7, 11) is 0. The Kier molecular flexibility index (Phi) is 3.99. The zero-order valence-corrected chi connectivity index (χ0v) is 10.8. The molecule has 1 aromatic rings. The summed E-state index contributed by atoms with van der Waals surface area (Å²) in [5.41, 5.74) is 2.57. The van der Waals surface area contributed by atoms with Crippen molar-refractivity contribution in [1.82, 2.24) is 0 Å². The van der Waals surface area contributed by atoms with Crippen molar-refractivity contribution in [3.05, 3.63) is 29.3 Å². The van der Waals surface area contributed by atoms with Crippen LogP contribution in [0.3, 0.4) is 0 Å². The number of rotatable bonds is 5. The van der Waals surface area contributed by atoms with Crippen molar-refractivity contribution in [3.63, 3.8) is 0 Å². The highest BCUT2D eigenvalue weighted by Crippen LogP contribution is 2.35. The first-order valence-corrected chi connectivity index (χ1v) is 6.28. The molecule has 0 bridgehead atoms. The molecular formula is C14H19NO3. The number of aryl methyl sites for hydroxylation is 1. The number of aliphatic hydroxyl groups is 1. The fraction of sp³-hybridized carbons (Fsp3) is 0.500. The first-order chi connectivity index (χ1) is 8.65. The summed E-state index contributed by atoms with van der Waals surface area (Å²) < 4.78 is 5.40. The number of anilines is 1. The van der Waals surface area contributed by atoms with E-state index in [-0.39, 0.29) is 24.5 Å². The summed E-state index contributed by atoms with van der Waals surface area (Å²) >= 11 is 0. The van der Waals surface area contributed by atoms with Gasteiger partial charge >= 0.3 is 0 Å². The molecule has 0 aromatic heterocycles. The van der Waals surface area contributed by atoms with Gasteiger partial charge in [0.1, 0.15) is 0 Å². The molecule has 98 valence electrons. The number of carbonyl (C=O) groups excluding carboxylic acids is 1. The second-order valence-corrected chi connectivity index (χ2v) is 4.63. The zero-order chi connectivity index (χ0) is 13.1. The Hall–Kier alpha value is -1.39. The topological polar surface area (TPSA) is 58.6 Å². The average Bonchev–Trinajstić information content (AvgIpc) is 3.12. The molecular weight excluding hydrogens is 230 g/mol. The number of amides is 1. The van der Waals surface area contributed by atoms with E-state index in [0.29, 0.717) is 6.61 Å². The van der Waals surface area contributed by atoms with Gasteiger partial charge in [0.2, 0.25) is 5.91 Å². The van der Waals surface area contributed by atoms with Crippen molar-refractivity contribution < 1.29 is 14.6 Å². The third kappa shape index (κ3) is 2.89. The molecule has 0 spiro atoms. The van der Waals surface area contributed by atoms with Gasteiger partial charge in [-0.15, -0.1) is 0 Å². The molecule has 2 rings (SSSR count). The van der Waals surface area contributed by atoms with Crippen molar-refractivity contribution in [2.45, 2.75) is 33.0 Å². The van der Waals surface area contributed by atoms with Crippen LogP contribution in [0.25, 0.3) is 0 Å². The number of benzene rings is 1. The predicted molar refractivity (Wildman–Crippen MR) is 69.3 cm³/mol. The van der Waals surface area contributed by atoms with Crippen molar-refractivity contribution >= 4 is 11.6 Å². The van der Waals surface area contributed by atoms with Crippen LogP contribution in [0.4, 0.5) is 5.69 Å². The van der Waals surface area contributed by atoms with E-state index in [1.54, 1.807) is 0 Å². The van der Waals surface area contributed by atoms with Crippen LogP contribution in [0.1, 0.15) is 24.5 Å². The van der Waals surface area contributed by atoms with Gasteiger partial charge < -0.3 is 15.2 Å². The van der Waals surface area contributed by atoms with Gasteiger partial charge in [-0.1, -0.05) is 12.1 Å². The Bertz CT molecular complexity index is 445. The van der Waals surface area contributed by atoms with E-state index in [0.717, 1.165) is 23.2 Å². The minimum absolute atomic E-state index is 0.00615. The normalized spacial score (nSPS) is 21.7. The molecule has 0 aliphatic heterocycles. The van der Waals surface area contributed by atoms with Crippen LogP contribution in [0.5, 0.6) is 0 Å². The zero-order valence-electron chi connectivity index (χ0n) is 10.8. The number of hydrogen-bond acceptors (Lipinski definition) is 3. The van der Waals surface area contributed by atoms with Gasteiger partial charge in [-0.3, -0.25) is 4.79 Å². The number of ether oxygens (including phenoxy) is 1. The summed E-state index contributed by atoms with van der Waals surface area (Å²) in [5, 5.41) is 12.0. The van der Waals surface area contributed by atoms with Gasteiger partial charge in [0.05, 0.1) is 18.6 Å². The first-order valence-electron chi connectivity index (χ1n) is 6.28. The number of aliphatic hydroxyl groups excluding tert-OH is 1. The lowest BCUT2D eigenvalue weighted by atomic mass is 10.1. The summed E-state index contributed by atoms with van der Waals surface area (Å²) in [6.07, 6.45) is 0.884. The molecule has 2 atom stereocenters. The highest BCUT2D eigenvalue weighted by Gasteiger charge is 2.43. The summed E-state index contributed by atoms with van der Waals surface area (Å²) in [6, 6.07) is 5.56. The standard InChI is InChI=1S/C14H19NO3/c1-3-18-13-7-11(13)14(17)15-12-6-10(8-16)5-4-9(12)2/h4-6,11,13,16H,3,7-8H2,1-2H3,(H,15,17). The van der Waals surface area contributed by atoms with Gasteiger partial charge in [0.15, 0.2) is 0 Å². The molecule has 1 aromatic carbocycles. The van der Waals surface area contributed by atoms with Crippen LogP contribution in [0.2, 0.25) is 0 Å². The second-order valence-electron chi connectivity index (χ2n) is 4.63. The average molecular weight is 249 g/mol. The molecule has 1 aliphatic carbocycles. The number of hydrogen-bond donors (Lipinski definition) is 2. The SMILES string of the molecule is CCOC1CC1C(=O)Nc1cc(CO)ccc1C. The molecule has 0 saturated heterocycles. The quantitative estimate of drug-likeness (QED) is 0.837. The molecule has 2 N–H and O–H groups in total. The van der Waals surface area contributed by atoms with Crippen LogP contribution < -0.4 is 5.32 Å². The Morgan fingerprint density at radius 2 is 2.33 bits per heavy atom. The molecule has 4 heteroatoms. The fourth-order valence-electron chi connectivity index (χ4n) is 1.97. The van der Waals surface area contributed by atoms with E-state index < -0.39 is 0 Å². The summed E-state index contributed by atoms with van der Waals surface area (Å²) in [6.45, 7) is 4.49. The number of nitrogens with one attached hydrogen (secondary N) is 1. The monoisotopic (exact) mass is 249 g/mol. The minimum Gasteiger partial charge on any atom is -0.392 e. The highest BCUT2D eigenvalue weighted by molar-refractivity contribution is 5.95. The van der Waals surface area contributed by atoms with E-state index in [4.69, 9.17) is 9.84 Å². The molecule has 1 fully saturated rings. The van der Waals surface area contributed by atoms with Gasteiger partial charge in [-0.25, -0.2) is 0 Å². The fourth-order valence-corrected chi connectivity index (χ4v) is 1.97. The third-order valence-electron chi connectivity index (χ3n) is 3.19. The predicted octanol–water partition coefficient (Wildman–Crippen LogP) is 1.85. The Morgan fingerprint density at radius 3 is 3.00 bits per heavy atom. The van der Waals surface area contributed by atoms with Gasteiger partial charge in [0, 0.05) is 12.3 Å². The largest absolute Gasteiger partial charge is 0.392 e. The molecule has 1 aliphatic rings. The van der Waals surface area contributed by atoms with Crippen LogP contribution in [-0.2, 0) is 16.1 Å². The van der Waals surface area contributed by atoms with E-state index in [1.165, 1.54) is 0 Å². The van der Waals surface area contributed by atoms with Crippen molar-refractivity contribution in [1.29, 1.82) is 0 Å². The summed E-state index contributed by atoms with van der Waals surface area (Å²) in [4.78, 5) is 12.0. The minimum atomic E-state index is -0.0258. The number of carbonyl (C=O) groups is 1. The second kappa shape index (κ2) is 5.50. The molecule has 2 unspecified atom stereocenters. The van der Waals surface area contributed by atoms with Crippen LogP contribution in [-0.4, -0.2) is 23.7 Å². The van der Waals surface area contributed by atoms with Crippen molar-refractivity contribution in [2.24, 2.45) is 5.92 Å². The van der Waals surface area contributed by atoms with E-state index in [1.807, 2.05) is 32.0 Å². The Morgan fingerprint density at radius 1 is 1.56 bits per heavy atom. The van der Waals surface area contributed by atoms with E-state index in [2.05, 4.69) is 5.32 Å². The molecule has 4 nitrogen and oxygen atoms in total. The lowest BCUT2D eigenvalue weighted by molar-refractivity contribution is -0.118. The summed E-state index contributed by atoms with van der Waals surface area (Å²) in [5.74, 6) is -0.0197. The van der Waals surface area contributed by atoms with Crippen LogP contribution in [0, 0.1) is 12.8 Å². The lowest BCUT2D eigenvalue weighted by Gasteiger charge is -2.09. The maximum atomic E-state index is 12.0. The third-order valence-corrected chi connectivity index (χ3v) is 3.19. The smallest absolute Gasteiger partial charge is 0.230 e. The lowest BCUT2D eigenvalue weighted by Crippen LogP contribution is -2.17. The maximum Gasteiger partial charge on any atom is 0.230 e. The van der Waals surface area contributed by atoms with E-state index >= 15 is 0 Å². The van der Waals surface area contributed by atoms with Crippen molar-refractivity contribution in [3.8, 4) is 0 Å². The Labute approximate surface area is 107 Å². The van der Waals surface area contributed by atoms with Gasteiger partial charge in [-0.2, -0.15) is 0 Å². The highest BCUT2D eigenvalue weighted by atomic mass is 16.5. The molecule has 0 heterocycles. The first kappa shape index (κ1) is 13.1. The van der Waals surface area contributed by atoms with Gasteiger partial charge in [0.25, 0.3) is 0 Å². The maximum absolute atomic E-state index is 12.0. The molecule has 18 heavy (non-hydrogen) atoms. The van der Waals surface area contributed by atoms with E-state index in [9.17, 15) is 4.79 Å². The molecule has 1 amide bonds. The Balaban J connectivity index is 1.99. The molecule has 1 saturated carbocycles. The van der Waals surface area contributed by atoms with Crippen LogP contribution >= 0.6 is 0 Å². The molecule has 0 radical (unpaired) electrons. The van der Waals surface area contributed by atoms with Gasteiger partial charge in [-0.05, 0) is 37.5 Å². The van der Waals surface area contributed by atoms with Crippen LogP contribution in [0.15, 0.2) is 18.2 Å².